The molecule has 2 unspecified atom stereocenters. The van der Waals surface area contributed by atoms with E-state index in [2.05, 4.69) is 9.97 Å². The van der Waals surface area contributed by atoms with Gasteiger partial charge < -0.3 is 29.2 Å². The van der Waals surface area contributed by atoms with Gasteiger partial charge in [-0.05, 0) is 60.8 Å². The molecular weight excluding hydrogens is 655 g/mol. The van der Waals surface area contributed by atoms with Crippen molar-refractivity contribution in [2.24, 2.45) is 10.8 Å². The highest BCUT2D eigenvalue weighted by molar-refractivity contribution is 6.20. The Balaban J connectivity index is 1.04. The average molecular weight is 692 g/mol. The van der Waals surface area contributed by atoms with Gasteiger partial charge in [-0.15, -0.1) is 23.2 Å². The molecule has 10 nitrogen and oxygen atoms in total. The molecule has 2 atom stereocenters. The van der Waals surface area contributed by atoms with Gasteiger partial charge in [-0.25, -0.2) is 0 Å². The first-order valence-electron chi connectivity index (χ1n) is 16.3. The van der Waals surface area contributed by atoms with Crippen molar-refractivity contribution in [2.75, 3.05) is 34.6 Å². The number of benzene rings is 2. The number of aromatic nitrogens is 2. The number of alkyl halides is 2. The van der Waals surface area contributed by atoms with Gasteiger partial charge in [0.05, 0.1) is 27.8 Å². The van der Waals surface area contributed by atoms with Gasteiger partial charge in [0.1, 0.15) is 0 Å². The van der Waals surface area contributed by atoms with Crippen molar-refractivity contribution in [3.05, 3.63) is 46.8 Å². The summed E-state index contributed by atoms with van der Waals surface area (Å²) in [4.78, 5) is 62.3. The lowest BCUT2D eigenvalue weighted by Gasteiger charge is -2.70. The fraction of sp³-hybridized carbons (Fsp3) is 0.444. The van der Waals surface area contributed by atoms with Gasteiger partial charge in [0, 0.05) is 92.3 Å². The van der Waals surface area contributed by atoms with Crippen LogP contribution in [0.15, 0.2) is 24.5 Å². The minimum absolute atomic E-state index is 0.0176. The molecular formula is C36H36Cl2N4O6. The largest absolute Gasteiger partial charge is 0.424 e. The highest BCUT2D eigenvalue weighted by Crippen LogP contribution is 2.76. The van der Waals surface area contributed by atoms with Crippen molar-refractivity contribution in [1.82, 2.24) is 9.97 Å². The fourth-order valence-electron chi connectivity index (χ4n) is 9.29. The van der Waals surface area contributed by atoms with Crippen LogP contribution < -0.4 is 19.3 Å². The van der Waals surface area contributed by atoms with Gasteiger partial charge in [0.2, 0.25) is 11.8 Å². The Morgan fingerprint density at radius 2 is 1.25 bits per heavy atom. The van der Waals surface area contributed by atoms with Gasteiger partial charge in [0.15, 0.2) is 11.5 Å². The van der Waals surface area contributed by atoms with E-state index in [1.165, 1.54) is 13.8 Å². The van der Waals surface area contributed by atoms with E-state index < -0.39 is 17.4 Å². The van der Waals surface area contributed by atoms with Crippen LogP contribution in [0.1, 0.15) is 73.6 Å². The Morgan fingerprint density at radius 1 is 0.792 bits per heavy atom. The second-order valence-electron chi connectivity index (χ2n) is 14.4. The quantitative estimate of drug-likeness (QED) is 0.126. The summed E-state index contributed by atoms with van der Waals surface area (Å²) in [5.41, 5.74) is 6.13. The number of hydrogen-bond donors (Lipinski definition) is 2. The van der Waals surface area contributed by atoms with Gasteiger partial charge in [-0.1, -0.05) is 0 Å². The molecule has 250 valence electrons. The predicted molar refractivity (Wildman–Crippen MR) is 184 cm³/mol. The standard InChI is InChI=1S/C36H36Cl2N4O6/c1-17-10-39-32-25(47-19(3)43)5-23-30(28(17)32)21(8-37)12-41(23)27(45)7-35-14-36(15-35,16-35)34(46)42-13-22(9-38)31-24(42)6-26(48-20(4)44)33-29(31)18(2)11-40-33/h5-6,10-11,21-22,39-40H,7-9,12-16H2,1-4H3. The van der Waals surface area contributed by atoms with Crippen molar-refractivity contribution in [3.8, 4) is 11.5 Å². The maximum Gasteiger partial charge on any atom is 0.308 e. The fourth-order valence-corrected chi connectivity index (χ4v) is 9.79. The number of H-pyrrole nitrogens is 2. The third-order valence-corrected chi connectivity index (χ3v) is 11.8. The van der Waals surface area contributed by atoms with Crippen LogP contribution in [0.3, 0.4) is 0 Å². The molecule has 4 heterocycles. The summed E-state index contributed by atoms with van der Waals surface area (Å²) in [5, 5.41) is 1.87. The molecule has 0 saturated heterocycles. The number of esters is 2. The topological polar surface area (TPSA) is 125 Å². The van der Waals surface area contributed by atoms with Gasteiger partial charge in [-0.3, -0.25) is 19.2 Å². The highest BCUT2D eigenvalue weighted by Gasteiger charge is 2.72. The van der Waals surface area contributed by atoms with Crippen molar-refractivity contribution >= 4 is 80.1 Å². The number of carbonyl (C=O) groups excluding carboxylic acids is 4. The number of anilines is 2. The molecule has 2 aromatic heterocycles. The van der Waals surface area contributed by atoms with E-state index in [0.29, 0.717) is 62.0 Å². The van der Waals surface area contributed by atoms with E-state index in [0.717, 1.165) is 55.4 Å². The van der Waals surface area contributed by atoms with Crippen LogP contribution in [0.5, 0.6) is 11.5 Å². The number of ether oxygens (including phenoxy) is 2. The number of carbonyl (C=O) groups is 4. The van der Waals surface area contributed by atoms with E-state index in [1.54, 1.807) is 17.0 Å². The molecule has 3 aliphatic carbocycles. The minimum atomic E-state index is -0.527. The molecule has 4 aromatic rings. The third-order valence-electron chi connectivity index (χ3n) is 11.0. The number of amides is 2. The van der Waals surface area contributed by atoms with Crippen LogP contribution >= 0.6 is 23.2 Å². The maximum atomic E-state index is 14.3. The lowest BCUT2D eigenvalue weighted by Crippen LogP contribution is -2.69. The van der Waals surface area contributed by atoms with Crippen LogP contribution in [0, 0.1) is 24.7 Å². The molecule has 2 aromatic carbocycles. The molecule has 2 amide bonds. The summed E-state index contributed by atoms with van der Waals surface area (Å²) in [7, 11) is 0. The van der Waals surface area contributed by atoms with Gasteiger partial charge >= 0.3 is 11.9 Å². The first-order valence-corrected chi connectivity index (χ1v) is 17.4. The second kappa shape index (κ2) is 10.7. The zero-order chi connectivity index (χ0) is 33.9. The highest BCUT2D eigenvalue weighted by atomic mass is 35.5. The first-order chi connectivity index (χ1) is 22.9. The zero-order valence-corrected chi connectivity index (χ0v) is 28.7. The molecule has 2 bridgehead atoms. The number of hydrogen-bond acceptors (Lipinski definition) is 6. The Morgan fingerprint density at radius 3 is 1.71 bits per heavy atom. The first kappa shape index (κ1) is 31.3. The second-order valence-corrected chi connectivity index (χ2v) is 15.0. The van der Waals surface area contributed by atoms with E-state index in [-0.39, 0.29) is 29.1 Å². The molecule has 12 heteroatoms. The molecule has 2 aliphatic heterocycles. The molecule has 3 fully saturated rings. The van der Waals surface area contributed by atoms with Crippen molar-refractivity contribution in [2.45, 2.75) is 65.2 Å². The average Bonchev–Trinajstić information content (AvgIpc) is 3.76. The van der Waals surface area contributed by atoms with E-state index in [4.69, 9.17) is 32.7 Å². The van der Waals surface area contributed by atoms with Crippen molar-refractivity contribution in [3.63, 3.8) is 0 Å². The van der Waals surface area contributed by atoms with Gasteiger partial charge in [0.25, 0.3) is 0 Å². The number of nitrogens with one attached hydrogen (secondary N) is 2. The lowest BCUT2D eigenvalue weighted by molar-refractivity contribution is -0.207. The molecule has 48 heavy (non-hydrogen) atoms. The van der Waals surface area contributed by atoms with E-state index >= 15 is 0 Å². The smallest absolute Gasteiger partial charge is 0.308 e. The SMILES string of the molecule is CC(=O)Oc1cc2c(c3c(C)c[nH]c13)C(CCl)CN2C(=O)CC12CC(C(=O)N3CC(CCl)c4c3cc(OC(C)=O)c3[nH]cc(C)c43)(C1)C2. The van der Waals surface area contributed by atoms with Gasteiger partial charge in [-0.2, -0.15) is 0 Å². The molecule has 5 aliphatic rings. The number of nitrogens with zero attached hydrogens (tertiary/aromatic N) is 2. The van der Waals surface area contributed by atoms with Crippen LogP contribution in [0.25, 0.3) is 21.8 Å². The zero-order valence-electron chi connectivity index (χ0n) is 27.2. The molecule has 9 rings (SSSR count). The van der Waals surface area contributed by atoms with E-state index in [1.807, 2.05) is 31.1 Å². The van der Waals surface area contributed by atoms with Crippen LogP contribution in [0.2, 0.25) is 0 Å². The number of fused-ring (bicyclic) bond motifs is 6. The van der Waals surface area contributed by atoms with Crippen LogP contribution in [-0.4, -0.2) is 58.6 Å². The maximum absolute atomic E-state index is 14.3. The summed E-state index contributed by atoms with van der Waals surface area (Å²) >= 11 is 12.9. The summed E-state index contributed by atoms with van der Waals surface area (Å²) in [5.74, 6) is 0.496. The Bertz CT molecular complexity index is 2080. The normalized spacial score (nSPS) is 25.1. The van der Waals surface area contributed by atoms with Crippen LogP contribution in [0.4, 0.5) is 11.4 Å². The predicted octanol–water partition coefficient (Wildman–Crippen LogP) is 6.72. The summed E-state index contributed by atoms with van der Waals surface area (Å²) in [6.45, 7) is 7.59. The molecule has 2 N–H and O–H groups in total. The molecule has 0 spiro atoms. The Hall–Kier alpha value is -4.02. The number of rotatable bonds is 7. The Kier molecular flexibility index (Phi) is 6.99. The van der Waals surface area contributed by atoms with E-state index in [9.17, 15) is 19.2 Å². The number of aromatic amines is 2. The number of halogens is 2. The van der Waals surface area contributed by atoms with Crippen molar-refractivity contribution in [1.29, 1.82) is 0 Å². The summed E-state index contributed by atoms with van der Waals surface area (Å²) < 4.78 is 11.1. The minimum Gasteiger partial charge on any atom is -0.424 e. The Labute approximate surface area is 287 Å². The van der Waals surface area contributed by atoms with Crippen LogP contribution in [-0.2, 0) is 19.2 Å². The van der Waals surface area contributed by atoms with Crippen molar-refractivity contribution < 1.29 is 28.7 Å². The monoisotopic (exact) mass is 690 g/mol. The third kappa shape index (κ3) is 4.37. The molecule has 0 radical (unpaired) electrons. The molecule has 3 saturated carbocycles. The number of aryl methyl sites for hydroxylation is 2. The summed E-state index contributed by atoms with van der Waals surface area (Å²) in [6.07, 6.45) is 5.99. The lowest BCUT2D eigenvalue weighted by atomic mass is 9.34. The summed E-state index contributed by atoms with van der Waals surface area (Å²) in [6, 6.07) is 3.56.